The van der Waals surface area contributed by atoms with Crippen LogP contribution in [-0.2, 0) is 11.3 Å². The van der Waals surface area contributed by atoms with Crippen LogP contribution in [0.15, 0.2) is 24.3 Å². The van der Waals surface area contributed by atoms with E-state index in [1.807, 2.05) is 26.8 Å². The molecule has 0 bridgehead atoms. The minimum absolute atomic E-state index is 0.180. The van der Waals surface area contributed by atoms with Crippen molar-refractivity contribution in [3.05, 3.63) is 35.4 Å². The summed E-state index contributed by atoms with van der Waals surface area (Å²) < 4.78 is 5.39. The van der Waals surface area contributed by atoms with Crippen LogP contribution in [0.25, 0.3) is 0 Å². The molecule has 0 fully saturated rings. The Labute approximate surface area is 127 Å². The summed E-state index contributed by atoms with van der Waals surface area (Å²) in [6.07, 6.45) is -0.321. The number of amides is 1. The van der Waals surface area contributed by atoms with E-state index in [1.54, 1.807) is 23.1 Å². The second-order valence-corrected chi connectivity index (χ2v) is 6.54. The SMILES string of the molecule is CC(C)CN(C(=O)OCc1cccc(C#N)c1)C(C)(C)C. The minimum atomic E-state index is -0.321. The van der Waals surface area contributed by atoms with Crippen molar-refractivity contribution in [3.63, 3.8) is 0 Å². The Balaban J connectivity index is 2.71. The van der Waals surface area contributed by atoms with E-state index < -0.39 is 0 Å². The van der Waals surface area contributed by atoms with Crippen LogP contribution in [-0.4, -0.2) is 23.1 Å². The van der Waals surface area contributed by atoms with Crippen molar-refractivity contribution in [2.45, 2.75) is 46.8 Å². The maximum Gasteiger partial charge on any atom is 0.410 e. The second kappa shape index (κ2) is 7.12. The maximum absolute atomic E-state index is 12.3. The topological polar surface area (TPSA) is 53.3 Å². The Morgan fingerprint density at radius 2 is 2.05 bits per heavy atom. The summed E-state index contributed by atoms with van der Waals surface area (Å²) in [5.74, 6) is 0.374. The van der Waals surface area contributed by atoms with Crippen molar-refractivity contribution in [2.24, 2.45) is 5.92 Å². The van der Waals surface area contributed by atoms with Crippen molar-refractivity contribution >= 4 is 6.09 Å². The molecule has 0 aromatic heterocycles. The second-order valence-electron chi connectivity index (χ2n) is 6.54. The van der Waals surface area contributed by atoms with E-state index in [2.05, 4.69) is 19.9 Å². The highest BCUT2D eigenvalue weighted by Crippen LogP contribution is 2.17. The summed E-state index contributed by atoms with van der Waals surface area (Å²) in [5, 5.41) is 8.87. The zero-order valence-corrected chi connectivity index (χ0v) is 13.5. The fraction of sp³-hybridized carbons (Fsp3) is 0.529. The zero-order chi connectivity index (χ0) is 16.0. The van der Waals surface area contributed by atoms with Gasteiger partial charge in [0.15, 0.2) is 0 Å². The molecule has 0 saturated heterocycles. The highest BCUT2D eigenvalue weighted by atomic mass is 16.6. The Morgan fingerprint density at radius 3 is 2.57 bits per heavy atom. The molecule has 0 N–H and O–H groups in total. The summed E-state index contributed by atoms with van der Waals surface area (Å²) in [7, 11) is 0. The molecule has 114 valence electrons. The van der Waals surface area contributed by atoms with Crippen LogP contribution in [0.3, 0.4) is 0 Å². The number of nitrogens with zero attached hydrogens (tertiary/aromatic N) is 2. The number of rotatable bonds is 4. The van der Waals surface area contributed by atoms with Gasteiger partial charge in [-0.1, -0.05) is 26.0 Å². The van der Waals surface area contributed by atoms with Crippen molar-refractivity contribution in [3.8, 4) is 6.07 Å². The molecule has 0 heterocycles. The molecule has 0 aliphatic heterocycles. The molecule has 4 nitrogen and oxygen atoms in total. The quantitative estimate of drug-likeness (QED) is 0.843. The van der Waals surface area contributed by atoms with Gasteiger partial charge in [0, 0.05) is 12.1 Å². The predicted molar refractivity (Wildman–Crippen MR) is 82.6 cm³/mol. The molecule has 1 amide bonds. The van der Waals surface area contributed by atoms with Crippen LogP contribution >= 0.6 is 0 Å². The Hall–Kier alpha value is -2.02. The fourth-order valence-corrected chi connectivity index (χ4v) is 1.94. The number of nitriles is 1. The standard InChI is InChI=1S/C17H24N2O2/c1-13(2)11-19(17(3,4)5)16(20)21-12-15-8-6-7-14(9-15)10-18/h6-9,13H,11-12H2,1-5H3. The van der Waals surface area contributed by atoms with E-state index in [-0.39, 0.29) is 18.2 Å². The molecule has 0 unspecified atom stereocenters. The predicted octanol–water partition coefficient (Wildman–Crippen LogP) is 3.95. The summed E-state index contributed by atoms with van der Waals surface area (Å²) in [4.78, 5) is 14.0. The molecular formula is C17H24N2O2. The normalized spacial score (nSPS) is 11.1. The van der Waals surface area contributed by atoms with Gasteiger partial charge in [0.1, 0.15) is 6.61 Å². The molecule has 0 spiro atoms. The van der Waals surface area contributed by atoms with E-state index in [0.29, 0.717) is 18.0 Å². The van der Waals surface area contributed by atoms with Gasteiger partial charge in [0.05, 0.1) is 11.6 Å². The smallest absolute Gasteiger partial charge is 0.410 e. The van der Waals surface area contributed by atoms with Gasteiger partial charge in [-0.25, -0.2) is 4.79 Å². The first-order valence-corrected chi connectivity index (χ1v) is 7.17. The molecule has 1 aromatic rings. The number of hydrogen-bond donors (Lipinski definition) is 0. The number of ether oxygens (including phenoxy) is 1. The Bertz CT molecular complexity index is 524. The number of carbonyl (C=O) groups is 1. The summed E-state index contributed by atoms with van der Waals surface area (Å²) in [5.41, 5.74) is 1.11. The molecule has 21 heavy (non-hydrogen) atoms. The highest BCUT2D eigenvalue weighted by molar-refractivity contribution is 5.68. The van der Waals surface area contributed by atoms with Crippen LogP contribution in [0.4, 0.5) is 4.79 Å². The van der Waals surface area contributed by atoms with Gasteiger partial charge in [-0.2, -0.15) is 5.26 Å². The Kier molecular flexibility index (Phi) is 5.78. The van der Waals surface area contributed by atoms with Gasteiger partial charge in [-0.3, -0.25) is 0 Å². The van der Waals surface area contributed by atoms with Crippen LogP contribution in [0.5, 0.6) is 0 Å². The number of benzene rings is 1. The van der Waals surface area contributed by atoms with Crippen LogP contribution < -0.4 is 0 Å². The van der Waals surface area contributed by atoms with Crippen LogP contribution in [0.1, 0.15) is 45.7 Å². The lowest BCUT2D eigenvalue weighted by Crippen LogP contribution is -2.47. The van der Waals surface area contributed by atoms with E-state index in [4.69, 9.17) is 10.00 Å². The van der Waals surface area contributed by atoms with E-state index in [1.165, 1.54) is 0 Å². The number of hydrogen-bond acceptors (Lipinski definition) is 3. The molecule has 1 aromatic carbocycles. The first-order chi connectivity index (χ1) is 9.74. The van der Waals surface area contributed by atoms with Gasteiger partial charge in [-0.05, 0) is 44.4 Å². The first-order valence-electron chi connectivity index (χ1n) is 7.17. The van der Waals surface area contributed by atoms with Gasteiger partial charge in [0.2, 0.25) is 0 Å². The Morgan fingerprint density at radius 1 is 1.38 bits per heavy atom. The molecule has 4 heteroatoms. The first kappa shape index (κ1) is 17.0. The van der Waals surface area contributed by atoms with Gasteiger partial charge < -0.3 is 9.64 Å². The van der Waals surface area contributed by atoms with Gasteiger partial charge in [-0.15, -0.1) is 0 Å². The molecule has 0 saturated carbocycles. The highest BCUT2D eigenvalue weighted by Gasteiger charge is 2.28. The largest absolute Gasteiger partial charge is 0.445 e. The third-order valence-electron chi connectivity index (χ3n) is 3.00. The van der Waals surface area contributed by atoms with Crippen LogP contribution in [0.2, 0.25) is 0 Å². The van der Waals surface area contributed by atoms with Crippen LogP contribution in [0, 0.1) is 17.2 Å². The third kappa shape index (κ3) is 5.47. The molecule has 0 radical (unpaired) electrons. The van der Waals surface area contributed by atoms with Crippen molar-refractivity contribution in [1.82, 2.24) is 4.90 Å². The van der Waals surface area contributed by atoms with Crippen molar-refractivity contribution < 1.29 is 9.53 Å². The molecule has 1 rings (SSSR count). The fourth-order valence-electron chi connectivity index (χ4n) is 1.94. The minimum Gasteiger partial charge on any atom is -0.445 e. The molecule has 0 aliphatic rings. The lowest BCUT2D eigenvalue weighted by molar-refractivity contribution is 0.0569. The molecule has 0 atom stereocenters. The number of carbonyl (C=O) groups excluding carboxylic acids is 1. The van der Waals surface area contributed by atoms with Crippen molar-refractivity contribution in [1.29, 1.82) is 5.26 Å². The van der Waals surface area contributed by atoms with E-state index in [9.17, 15) is 4.79 Å². The average Bonchev–Trinajstić information content (AvgIpc) is 2.41. The van der Waals surface area contributed by atoms with Crippen molar-refractivity contribution in [2.75, 3.05) is 6.54 Å². The lowest BCUT2D eigenvalue weighted by Gasteiger charge is -2.36. The summed E-state index contributed by atoms with van der Waals surface area (Å²) in [6, 6.07) is 9.17. The average molecular weight is 288 g/mol. The van der Waals surface area contributed by atoms with E-state index in [0.717, 1.165) is 5.56 Å². The zero-order valence-electron chi connectivity index (χ0n) is 13.5. The maximum atomic E-state index is 12.3. The summed E-state index contributed by atoms with van der Waals surface area (Å²) in [6.45, 7) is 11.0. The lowest BCUT2D eigenvalue weighted by atomic mass is 10.0. The molecular weight excluding hydrogens is 264 g/mol. The van der Waals surface area contributed by atoms with Gasteiger partial charge >= 0.3 is 6.09 Å². The summed E-state index contributed by atoms with van der Waals surface area (Å²) >= 11 is 0. The van der Waals surface area contributed by atoms with Gasteiger partial charge in [0.25, 0.3) is 0 Å². The molecule has 0 aliphatic carbocycles. The third-order valence-corrected chi connectivity index (χ3v) is 3.00. The monoisotopic (exact) mass is 288 g/mol. The van der Waals surface area contributed by atoms with E-state index >= 15 is 0 Å².